The molecule has 0 saturated heterocycles. The summed E-state index contributed by atoms with van der Waals surface area (Å²) in [5.41, 5.74) is 1.80. The van der Waals surface area contributed by atoms with Crippen LogP contribution in [0.4, 0.5) is 0 Å². The smallest absolute Gasteiger partial charge is 0.269 e. The number of fused-ring (bicyclic) bond motifs is 4. The molecular weight excluding hydrogens is 1040 g/mol. The van der Waals surface area contributed by atoms with Crippen LogP contribution in [0.15, 0.2) is 260 Å². The summed E-state index contributed by atoms with van der Waals surface area (Å²) in [6.45, 7) is 17.4. The summed E-state index contributed by atoms with van der Waals surface area (Å²) in [6.07, 6.45) is 5.33. The fraction of sp³-hybridized carbons (Fsp3) is 0.154. The van der Waals surface area contributed by atoms with Gasteiger partial charge in [0.15, 0.2) is 8.07 Å². The predicted octanol–water partition coefficient (Wildman–Crippen LogP) is 16.6. The molecule has 3 aromatic heterocycles. The number of benzene rings is 10. The highest BCUT2D eigenvalue weighted by Crippen LogP contribution is 2.40. The monoisotopic (exact) mass is 1130 g/mol. The molecule has 5 nitrogen and oxygen atoms in total. The number of hydrogen-bond donors (Lipinski definition) is 0. The minimum absolute atomic E-state index is 0.0351. The lowest BCUT2D eigenvalue weighted by Crippen LogP contribution is -2.74. The zero-order chi connectivity index (χ0) is 77.1. The topological polar surface area (TPSA) is 35.9 Å². The summed E-state index contributed by atoms with van der Waals surface area (Å²) in [6, 6.07) is 15.5. The third-order valence-corrected chi connectivity index (χ3v) is 19.0. The van der Waals surface area contributed by atoms with Crippen LogP contribution in [0.2, 0.25) is 0 Å². The number of hydrogen-bond acceptors (Lipinski definition) is 2. The van der Waals surface area contributed by atoms with E-state index in [4.69, 9.17) is 13.8 Å². The second-order valence-corrected chi connectivity index (χ2v) is 27.2. The Morgan fingerprint density at radius 2 is 1.02 bits per heavy atom. The number of pyridine rings is 1. The van der Waals surface area contributed by atoms with Crippen molar-refractivity contribution < 1.29 is 39.5 Å². The van der Waals surface area contributed by atoms with E-state index in [1.54, 1.807) is 63.7 Å². The van der Waals surface area contributed by atoms with Crippen molar-refractivity contribution in [3.05, 3.63) is 283 Å². The molecule has 0 fully saturated rings. The number of nitrogens with zero attached hydrogens (tertiary/aromatic N) is 4. The van der Waals surface area contributed by atoms with Gasteiger partial charge in [-0.2, -0.15) is 0 Å². The van der Waals surface area contributed by atoms with Gasteiger partial charge in [0.05, 0.1) is 63.6 Å². The van der Waals surface area contributed by atoms with Gasteiger partial charge in [0.1, 0.15) is 17.3 Å². The van der Waals surface area contributed by atoms with E-state index >= 15 is 0 Å². The molecular formula is C78H70N4OSi. The number of rotatable bonds is 11. The molecule has 0 spiro atoms. The standard InChI is InChI=1S/C78H70N4OSi/c1-76(2,3)56-44-45-79-74(50-56)82-70-39-20-19-36-68(70)69-43-42-61(52-73(69)82)83-60-28-24-27-59(51-60)80-53-81(72-41-22-21-40-71(72)80)75-66(37-25-38-67(75)55-46-57(77(4,5)6)49-58(47-55)78(7,8)9)54-26-23-35-65(48-54)84(62-29-13-10-14-30-62,63-31-15-11-16-32-63)64-33-17-12-18-34-64/h10-52H,1-9H3/i10D,11D,12D,13D,14D,15D,16D,17D,18D,23D,26D,29D,30D,31D,32D,33D,34D,35D,46D,47D,48D,49D. The van der Waals surface area contributed by atoms with Crippen LogP contribution in [0, 0.1) is 6.33 Å². The van der Waals surface area contributed by atoms with Crippen molar-refractivity contribution in [3.8, 4) is 50.9 Å². The van der Waals surface area contributed by atoms with Crippen LogP contribution in [-0.2, 0) is 16.2 Å². The Balaban J connectivity index is 1.15. The minimum Gasteiger partial charge on any atom is -0.458 e. The molecule has 10 aromatic carbocycles. The van der Waals surface area contributed by atoms with E-state index in [0.717, 1.165) is 33.2 Å². The summed E-state index contributed by atoms with van der Waals surface area (Å²) < 4.78 is 225. The number of ether oxygens (including phenoxy) is 1. The van der Waals surface area contributed by atoms with Crippen molar-refractivity contribution in [3.63, 3.8) is 0 Å². The second kappa shape index (κ2) is 21.1. The predicted molar refractivity (Wildman–Crippen MR) is 353 cm³/mol. The van der Waals surface area contributed by atoms with Crippen molar-refractivity contribution in [2.45, 2.75) is 78.6 Å². The average Bonchev–Trinajstić information content (AvgIpc) is 0.787. The van der Waals surface area contributed by atoms with E-state index in [1.807, 2.05) is 90.2 Å². The summed E-state index contributed by atoms with van der Waals surface area (Å²) >= 11 is 0. The summed E-state index contributed by atoms with van der Waals surface area (Å²) in [7, 11) is -6.34. The third kappa shape index (κ3) is 9.74. The molecule has 0 saturated carbocycles. The van der Waals surface area contributed by atoms with Crippen LogP contribution in [0.1, 0.15) is 109 Å². The molecule has 0 amide bonds. The van der Waals surface area contributed by atoms with Crippen molar-refractivity contribution in [1.82, 2.24) is 14.1 Å². The van der Waals surface area contributed by atoms with Gasteiger partial charge >= 0.3 is 0 Å². The molecule has 0 aliphatic heterocycles. The van der Waals surface area contributed by atoms with Crippen molar-refractivity contribution >= 4 is 61.7 Å². The minimum atomic E-state index is -6.34. The van der Waals surface area contributed by atoms with Crippen LogP contribution in [0.5, 0.6) is 11.5 Å². The first-order chi connectivity index (χ1) is 49.7. The zero-order valence-electron chi connectivity index (χ0n) is 69.8. The van der Waals surface area contributed by atoms with Gasteiger partial charge in [0.25, 0.3) is 6.33 Å². The van der Waals surface area contributed by atoms with Crippen LogP contribution in [-0.4, -0.2) is 22.2 Å². The maximum atomic E-state index is 11.0. The molecule has 0 atom stereocenters. The SMILES string of the molecule is [2H]c1c([2H])c([2H])c([Si](c2c([2H])c([2H])c([2H])c([2H])c2[2H])(c2c([2H])c([2H])c([2H])c([2H])c2[2H])c2c([2H])c([2H])c([2H])c(-c3cccc(-c4c([2H])c(C(C)(C)C)c([2H])c(C(C)(C)C)c4[2H])c3-[n+]3[c-]n(-c4cccc(Oc5ccc6c7ccccc7n(-c7cc(C(C)(C)C)ccn7)c6c5)c4)c4ccccc43)c2[2H])c([2H])c1[2H]. The normalized spacial score (nSPS) is 16.0. The Morgan fingerprint density at radius 3 is 1.67 bits per heavy atom. The molecule has 13 aromatic rings. The van der Waals surface area contributed by atoms with Crippen LogP contribution in [0.25, 0.3) is 72.3 Å². The Morgan fingerprint density at radius 1 is 0.464 bits per heavy atom. The van der Waals surface area contributed by atoms with E-state index in [0.29, 0.717) is 28.2 Å². The highest BCUT2D eigenvalue weighted by atomic mass is 28.3. The molecule has 3 heterocycles. The van der Waals surface area contributed by atoms with E-state index < -0.39 is 160 Å². The van der Waals surface area contributed by atoms with Gasteiger partial charge in [-0.25, -0.2) is 4.98 Å². The van der Waals surface area contributed by atoms with Gasteiger partial charge in [0, 0.05) is 23.0 Å². The first kappa shape index (κ1) is 34.3. The van der Waals surface area contributed by atoms with E-state index in [2.05, 4.69) is 43.8 Å². The molecule has 0 N–H and O–H groups in total. The fourth-order valence-electron chi connectivity index (χ4n) is 10.8. The van der Waals surface area contributed by atoms with Crippen LogP contribution in [0.3, 0.4) is 0 Å². The first-order valence-electron chi connectivity index (χ1n) is 38.6. The molecule has 0 unspecified atom stereocenters. The molecule has 412 valence electrons. The van der Waals surface area contributed by atoms with Crippen molar-refractivity contribution in [2.24, 2.45) is 0 Å². The Kier molecular flexibility index (Phi) is 8.62. The first-order valence-corrected chi connectivity index (χ1v) is 29.6. The molecule has 84 heavy (non-hydrogen) atoms. The molecule has 0 radical (unpaired) electrons. The highest BCUT2D eigenvalue weighted by molar-refractivity contribution is 7.19. The van der Waals surface area contributed by atoms with E-state index in [9.17, 15) is 26.0 Å². The van der Waals surface area contributed by atoms with Gasteiger partial charge in [-0.3, -0.25) is 13.7 Å². The highest BCUT2D eigenvalue weighted by Gasteiger charge is 2.41. The van der Waals surface area contributed by atoms with Gasteiger partial charge in [0.2, 0.25) is 0 Å². The van der Waals surface area contributed by atoms with E-state index in [-0.39, 0.29) is 57.0 Å². The Hall–Kier alpha value is -9.36. The molecule has 0 aliphatic rings. The lowest BCUT2D eigenvalue weighted by molar-refractivity contribution is -0.571. The number of para-hydroxylation sites is 4. The third-order valence-electron chi connectivity index (χ3n) is 15.0. The maximum Gasteiger partial charge on any atom is 0.269 e. The second-order valence-electron chi connectivity index (χ2n) is 23.7. The molecule has 6 heteroatoms. The molecule has 0 bridgehead atoms. The van der Waals surface area contributed by atoms with Crippen molar-refractivity contribution in [1.29, 1.82) is 0 Å². The number of aromatic nitrogens is 4. The Labute approximate surface area is 526 Å². The summed E-state index contributed by atoms with van der Waals surface area (Å²) in [4.78, 5) is 4.86. The van der Waals surface area contributed by atoms with Gasteiger partial charge < -0.3 is 4.74 Å². The van der Waals surface area contributed by atoms with Crippen molar-refractivity contribution in [2.75, 3.05) is 0 Å². The summed E-state index contributed by atoms with van der Waals surface area (Å²) in [5, 5.41) is -2.02. The van der Waals surface area contributed by atoms with Crippen LogP contribution >= 0.6 is 0 Å². The number of imidazole rings is 1. The molecule has 13 rings (SSSR count). The lowest BCUT2D eigenvalue weighted by atomic mass is 9.78. The van der Waals surface area contributed by atoms with Gasteiger partial charge in [-0.1, -0.05) is 262 Å². The van der Waals surface area contributed by atoms with Gasteiger partial charge in [-0.15, -0.1) is 0 Å². The van der Waals surface area contributed by atoms with Gasteiger partial charge in [-0.05, 0) is 124 Å². The Bertz CT molecular complexity index is 5650. The zero-order valence-corrected chi connectivity index (χ0v) is 48.8. The average molecular weight is 1130 g/mol. The largest absolute Gasteiger partial charge is 0.458 e. The fourth-order valence-corrected chi connectivity index (χ4v) is 14.3. The quantitative estimate of drug-likeness (QED) is 0.0560. The van der Waals surface area contributed by atoms with Crippen LogP contribution < -0.4 is 30.1 Å². The maximum absolute atomic E-state index is 11.0. The lowest BCUT2D eigenvalue weighted by Gasteiger charge is -2.34. The van der Waals surface area contributed by atoms with E-state index in [1.165, 1.54) is 12.1 Å². The summed E-state index contributed by atoms with van der Waals surface area (Å²) in [5.74, 6) is 1.59. The molecule has 0 aliphatic carbocycles.